The lowest BCUT2D eigenvalue weighted by molar-refractivity contribution is -0.119. The Hall–Kier alpha value is -2.15. The first-order valence-corrected chi connectivity index (χ1v) is 7.86. The molecule has 1 N–H and O–H groups in total. The molecule has 2 rings (SSSR count). The van der Waals surface area contributed by atoms with Gasteiger partial charge in [0.15, 0.2) is 12.4 Å². The number of hydrogen-bond acceptors (Lipinski definition) is 5. The summed E-state index contributed by atoms with van der Waals surface area (Å²) < 4.78 is 11.0. The second kappa shape index (κ2) is 7.41. The molecule has 0 spiro atoms. The minimum Gasteiger partial charge on any atom is -0.452 e. The van der Waals surface area contributed by atoms with Gasteiger partial charge in [-0.15, -0.1) is 0 Å². The fourth-order valence-corrected chi connectivity index (χ4v) is 2.40. The van der Waals surface area contributed by atoms with Gasteiger partial charge < -0.3 is 14.6 Å². The van der Waals surface area contributed by atoms with E-state index in [1.165, 1.54) is 0 Å². The number of benzene rings is 1. The molecule has 0 aliphatic rings. The van der Waals surface area contributed by atoms with E-state index in [0.717, 1.165) is 4.47 Å². The summed E-state index contributed by atoms with van der Waals surface area (Å²) in [6, 6.07) is 7.13. The molecule has 0 saturated carbocycles. The van der Waals surface area contributed by atoms with Crippen molar-refractivity contribution in [1.29, 1.82) is 0 Å². The fourth-order valence-electron chi connectivity index (χ4n) is 2.00. The number of nitrogens with zero attached hydrogens (tertiary/aromatic N) is 1. The average Bonchev–Trinajstić information content (AvgIpc) is 2.87. The molecule has 1 heterocycles. The van der Waals surface area contributed by atoms with Gasteiger partial charge in [0.2, 0.25) is 0 Å². The smallest absolute Gasteiger partial charge is 0.344 e. The van der Waals surface area contributed by atoms with Crippen LogP contribution in [0.2, 0.25) is 0 Å². The second-order valence-corrected chi connectivity index (χ2v) is 6.21. The first kappa shape index (κ1) is 17.2. The summed E-state index contributed by atoms with van der Waals surface area (Å²) in [5, 5.41) is 6.43. The molecule has 0 fully saturated rings. The van der Waals surface area contributed by atoms with E-state index in [4.69, 9.17) is 9.26 Å². The number of ether oxygens (including phenoxy) is 1. The molecular weight excluding hydrogens is 364 g/mol. The molecular formula is C16H17BrN2O4. The Morgan fingerprint density at radius 2 is 2.13 bits per heavy atom. The number of anilines is 1. The highest BCUT2D eigenvalue weighted by molar-refractivity contribution is 9.10. The molecule has 0 aliphatic carbocycles. The minimum atomic E-state index is -0.614. The third-order valence-electron chi connectivity index (χ3n) is 3.06. The first-order valence-electron chi connectivity index (χ1n) is 7.07. The predicted molar refractivity (Wildman–Crippen MR) is 88.4 cm³/mol. The Labute approximate surface area is 142 Å². The van der Waals surface area contributed by atoms with Gasteiger partial charge in [-0.05, 0) is 25.1 Å². The van der Waals surface area contributed by atoms with Crippen molar-refractivity contribution < 1.29 is 18.8 Å². The Morgan fingerprint density at radius 3 is 2.78 bits per heavy atom. The standard InChI is InChI=1S/C16H17BrN2O4/c1-9(2)15-14(10(3)19-23-15)16(21)22-8-13(20)18-12-6-4-5-11(17)7-12/h4-7,9H,8H2,1-3H3,(H,18,20). The van der Waals surface area contributed by atoms with Gasteiger partial charge in [0.25, 0.3) is 5.91 Å². The van der Waals surface area contributed by atoms with Crippen LogP contribution in [-0.2, 0) is 9.53 Å². The van der Waals surface area contributed by atoms with Crippen molar-refractivity contribution in [3.05, 3.63) is 45.8 Å². The number of nitrogens with one attached hydrogen (secondary N) is 1. The molecule has 0 aliphatic heterocycles. The molecule has 6 nitrogen and oxygen atoms in total. The quantitative estimate of drug-likeness (QED) is 0.800. The Kier molecular flexibility index (Phi) is 5.54. The van der Waals surface area contributed by atoms with Gasteiger partial charge >= 0.3 is 5.97 Å². The summed E-state index contributed by atoms with van der Waals surface area (Å²) in [6.07, 6.45) is 0. The molecule has 1 amide bonds. The van der Waals surface area contributed by atoms with Crippen LogP contribution in [0.15, 0.2) is 33.3 Å². The summed E-state index contributed by atoms with van der Waals surface area (Å²) in [6.45, 7) is 5.05. The molecule has 2 aromatic rings. The number of rotatable bonds is 5. The maximum atomic E-state index is 12.2. The molecule has 0 atom stereocenters. The Balaban J connectivity index is 1.97. The van der Waals surface area contributed by atoms with Gasteiger partial charge in [-0.2, -0.15) is 0 Å². The van der Waals surface area contributed by atoms with Crippen molar-refractivity contribution in [2.45, 2.75) is 26.7 Å². The Bertz CT molecular complexity index is 725. The monoisotopic (exact) mass is 380 g/mol. The largest absolute Gasteiger partial charge is 0.452 e. The van der Waals surface area contributed by atoms with Crippen molar-refractivity contribution >= 4 is 33.5 Å². The molecule has 122 valence electrons. The molecule has 0 unspecified atom stereocenters. The molecule has 1 aromatic carbocycles. The number of esters is 1. The zero-order chi connectivity index (χ0) is 17.0. The first-order chi connectivity index (χ1) is 10.9. The second-order valence-electron chi connectivity index (χ2n) is 5.30. The van der Waals surface area contributed by atoms with Crippen LogP contribution in [0.4, 0.5) is 5.69 Å². The molecule has 1 aromatic heterocycles. The molecule has 0 saturated heterocycles. The van der Waals surface area contributed by atoms with E-state index in [2.05, 4.69) is 26.4 Å². The van der Waals surface area contributed by atoms with Crippen LogP contribution in [0.3, 0.4) is 0 Å². The van der Waals surface area contributed by atoms with E-state index in [1.54, 1.807) is 25.1 Å². The van der Waals surface area contributed by atoms with Gasteiger partial charge in [0.1, 0.15) is 5.56 Å². The number of aryl methyl sites for hydroxylation is 1. The third kappa shape index (κ3) is 4.41. The van der Waals surface area contributed by atoms with Crippen molar-refractivity contribution in [1.82, 2.24) is 5.16 Å². The highest BCUT2D eigenvalue weighted by Crippen LogP contribution is 2.23. The summed E-state index contributed by atoms with van der Waals surface area (Å²) >= 11 is 3.32. The van der Waals surface area contributed by atoms with Crippen LogP contribution in [0.25, 0.3) is 0 Å². The van der Waals surface area contributed by atoms with E-state index in [-0.39, 0.29) is 18.1 Å². The number of amides is 1. The maximum Gasteiger partial charge on any atom is 0.344 e. The van der Waals surface area contributed by atoms with E-state index >= 15 is 0 Å². The number of aromatic nitrogens is 1. The number of halogens is 1. The summed E-state index contributed by atoms with van der Waals surface area (Å²) in [4.78, 5) is 24.0. The van der Waals surface area contributed by atoms with Crippen LogP contribution in [-0.4, -0.2) is 23.6 Å². The lowest BCUT2D eigenvalue weighted by atomic mass is 10.1. The summed E-state index contributed by atoms with van der Waals surface area (Å²) in [7, 11) is 0. The molecule has 0 radical (unpaired) electrons. The lowest BCUT2D eigenvalue weighted by Crippen LogP contribution is -2.21. The molecule has 23 heavy (non-hydrogen) atoms. The summed E-state index contributed by atoms with van der Waals surface area (Å²) in [5.41, 5.74) is 1.35. The van der Waals surface area contributed by atoms with Gasteiger partial charge in [-0.25, -0.2) is 4.79 Å². The minimum absolute atomic E-state index is 0.00533. The van der Waals surface area contributed by atoms with Crippen LogP contribution >= 0.6 is 15.9 Å². The van der Waals surface area contributed by atoms with Gasteiger partial charge in [0.05, 0.1) is 5.69 Å². The van der Waals surface area contributed by atoms with Crippen LogP contribution in [0.1, 0.15) is 41.6 Å². The lowest BCUT2D eigenvalue weighted by Gasteiger charge is -2.08. The SMILES string of the molecule is Cc1noc(C(C)C)c1C(=O)OCC(=O)Nc1cccc(Br)c1. The normalized spacial score (nSPS) is 10.7. The highest BCUT2D eigenvalue weighted by Gasteiger charge is 2.24. The average molecular weight is 381 g/mol. The van der Waals surface area contributed by atoms with Crippen LogP contribution < -0.4 is 5.32 Å². The summed E-state index contributed by atoms with van der Waals surface area (Å²) in [5.74, 6) is -0.581. The molecule has 0 bridgehead atoms. The van der Waals surface area contributed by atoms with E-state index in [1.807, 2.05) is 19.9 Å². The van der Waals surface area contributed by atoms with Gasteiger partial charge in [-0.3, -0.25) is 4.79 Å². The third-order valence-corrected chi connectivity index (χ3v) is 3.55. The van der Waals surface area contributed by atoms with Crippen LogP contribution in [0.5, 0.6) is 0 Å². The molecule has 7 heteroatoms. The van der Waals surface area contributed by atoms with Crippen molar-refractivity contribution in [3.8, 4) is 0 Å². The zero-order valence-electron chi connectivity index (χ0n) is 13.1. The van der Waals surface area contributed by atoms with Crippen molar-refractivity contribution in [2.75, 3.05) is 11.9 Å². The number of hydrogen-bond donors (Lipinski definition) is 1. The Morgan fingerprint density at radius 1 is 1.39 bits per heavy atom. The number of carbonyl (C=O) groups is 2. The van der Waals surface area contributed by atoms with E-state index < -0.39 is 11.9 Å². The van der Waals surface area contributed by atoms with Crippen molar-refractivity contribution in [2.24, 2.45) is 0 Å². The highest BCUT2D eigenvalue weighted by atomic mass is 79.9. The maximum absolute atomic E-state index is 12.2. The van der Waals surface area contributed by atoms with Gasteiger partial charge in [0, 0.05) is 16.1 Å². The zero-order valence-corrected chi connectivity index (χ0v) is 14.6. The van der Waals surface area contributed by atoms with Crippen LogP contribution in [0, 0.1) is 6.92 Å². The van der Waals surface area contributed by atoms with Crippen molar-refractivity contribution in [3.63, 3.8) is 0 Å². The predicted octanol–water partition coefficient (Wildman–Crippen LogP) is 3.66. The fraction of sp³-hybridized carbons (Fsp3) is 0.312. The topological polar surface area (TPSA) is 81.4 Å². The van der Waals surface area contributed by atoms with E-state index in [0.29, 0.717) is 17.1 Å². The number of carbonyl (C=O) groups excluding carboxylic acids is 2. The van der Waals surface area contributed by atoms with Gasteiger partial charge in [-0.1, -0.05) is 41.0 Å². The van der Waals surface area contributed by atoms with E-state index in [9.17, 15) is 9.59 Å².